The van der Waals surface area contributed by atoms with Gasteiger partial charge in [0.1, 0.15) is 6.04 Å². The van der Waals surface area contributed by atoms with E-state index in [4.69, 9.17) is 16.0 Å². The fourth-order valence-electron chi connectivity index (χ4n) is 3.52. The van der Waals surface area contributed by atoms with Gasteiger partial charge in [0.05, 0.1) is 21.1 Å². The average molecular weight is 500 g/mol. The van der Waals surface area contributed by atoms with Gasteiger partial charge in [0, 0.05) is 13.1 Å². The first-order valence-corrected chi connectivity index (χ1v) is 12.2. The highest BCUT2D eigenvalue weighted by atomic mass is 35.5. The zero-order chi connectivity index (χ0) is 24.5. The number of hydrogen-bond donors (Lipinski definition) is 2. The van der Waals surface area contributed by atoms with Crippen LogP contribution in [0.5, 0.6) is 0 Å². The van der Waals surface area contributed by atoms with Crippen LogP contribution in [-0.2, 0) is 28.3 Å². The largest absolute Gasteiger partial charge is 0.419 e. The molecular weight excluding hydrogens is 478 g/mol. The van der Waals surface area contributed by atoms with Gasteiger partial charge in [-0.25, -0.2) is 13.2 Å². The number of anilines is 1. The number of aromatic nitrogens is 1. The molecule has 1 aromatic heterocycles. The molecule has 0 aliphatic carbocycles. The molecule has 8 nitrogen and oxygen atoms in total. The van der Waals surface area contributed by atoms with Crippen molar-refractivity contribution in [2.75, 3.05) is 5.32 Å². The molecule has 10 heteroatoms. The number of rotatable bonds is 7. The summed E-state index contributed by atoms with van der Waals surface area (Å²) in [5.74, 6) is -1.17. The van der Waals surface area contributed by atoms with Crippen LogP contribution in [-0.4, -0.2) is 24.9 Å². The summed E-state index contributed by atoms with van der Waals surface area (Å²) in [6, 6.07) is 17.2. The Balaban J connectivity index is 1.65. The van der Waals surface area contributed by atoms with Crippen molar-refractivity contribution in [1.29, 1.82) is 0 Å². The zero-order valence-corrected chi connectivity index (χ0v) is 20.0. The van der Waals surface area contributed by atoms with E-state index in [1.807, 2.05) is 13.0 Å². The molecule has 34 heavy (non-hydrogen) atoms. The van der Waals surface area contributed by atoms with Gasteiger partial charge in [0.2, 0.25) is 15.9 Å². The molecule has 1 heterocycles. The molecule has 0 unspecified atom stereocenters. The van der Waals surface area contributed by atoms with Gasteiger partial charge in [-0.3, -0.25) is 9.36 Å². The molecule has 0 aliphatic rings. The molecule has 1 atom stereocenters. The molecule has 0 aliphatic heterocycles. The van der Waals surface area contributed by atoms with Crippen molar-refractivity contribution in [3.63, 3.8) is 0 Å². The van der Waals surface area contributed by atoms with Crippen molar-refractivity contribution < 1.29 is 17.6 Å². The van der Waals surface area contributed by atoms with Crippen molar-refractivity contribution in [2.45, 2.75) is 24.3 Å². The lowest BCUT2D eigenvalue weighted by Crippen LogP contribution is -2.45. The third-order valence-corrected chi connectivity index (χ3v) is 7.14. The summed E-state index contributed by atoms with van der Waals surface area (Å²) in [6.07, 6.45) is 0.109. The van der Waals surface area contributed by atoms with Gasteiger partial charge in [-0.2, -0.15) is 4.72 Å². The van der Waals surface area contributed by atoms with E-state index in [1.54, 1.807) is 42.5 Å². The molecule has 4 rings (SSSR count). The van der Waals surface area contributed by atoms with Gasteiger partial charge in [0.25, 0.3) is 0 Å². The zero-order valence-electron chi connectivity index (χ0n) is 18.4. The number of aryl methyl sites for hydroxylation is 2. The fraction of sp³-hybridized carbons (Fsp3) is 0.167. The van der Waals surface area contributed by atoms with Gasteiger partial charge in [-0.1, -0.05) is 48.0 Å². The molecule has 4 aromatic rings. The molecule has 3 aromatic carbocycles. The lowest BCUT2D eigenvalue weighted by atomic mass is 10.1. The van der Waals surface area contributed by atoms with Crippen LogP contribution in [0.25, 0.3) is 11.1 Å². The van der Waals surface area contributed by atoms with E-state index in [0.717, 1.165) is 11.1 Å². The SMILES string of the molecule is Cc1ccc(NC(=O)[C@@H](Cc2ccccc2)NS(=O)(=O)c2ccc3c(c2)oc(=O)n3C)c(Cl)c1. The molecule has 0 spiro atoms. The number of carbonyl (C=O) groups is 1. The average Bonchev–Trinajstić information content (AvgIpc) is 3.08. The lowest BCUT2D eigenvalue weighted by Gasteiger charge is -2.19. The van der Waals surface area contributed by atoms with Crippen LogP contribution in [0.2, 0.25) is 5.02 Å². The fourth-order valence-corrected chi connectivity index (χ4v) is 5.01. The quantitative estimate of drug-likeness (QED) is 0.403. The standard InChI is InChI=1S/C24H22ClN3O5S/c1-15-8-10-19(18(25)12-15)26-23(29)20(13-16-6-4-3-5-7-16)27-34(31,32)17-9-11-21-22(14-17)33-24(30)28(21)2/h3-12,14,20,27H,13H2,1-2H3,(H,26,29)/t20-/m1/s1. The van der Waals surface area contributed by atoms with Crippen molar-refractivity contribution in [1.82, 2.24) is 9.29 Å². The van der Waals surface area contributed by atoms with Gasteiger partial charge in [-0.05, 0) is 48.7 Å². The number of amides is 1. The second-order valence-corrected chi connectivity index (χ2v) is 10.0. The predicted molar refractivity (Wildman–Crippen MR) is 131 cm³/mol. The molecule has 0 radical (unpaired) electrons. The summed E-state index contributed by atoms with van der Waals surface area (Å²) in [6.45, 7) is 1.87. The number of oxazole rings is 1. The highest BCUT2D eigenvalue weighted by molar-refractivity contribution is 7.89. The first-order valence-electron chi connectivity index (χ1n) is 10.4. The van der Waals surface area contributed by atoms with E-state index in [9.17, 15) is 18.0 Å². The third kappa shape index (κ3) is 5.06. The Bertz CT molecular complexity index is 1530. The summed E-state index contributed by atoms with van der Waals surface area (Å²) in [7, 11) is -2.62. The first kappa shape index (κ1) is 23.7. The number of fused-ring (bicyclic) bond motifs is 1. The Morgan fingerprint density at radius 1 is 1.09 bits per heavy atom. The van der Waals surface area contributed by atoms with Crippen molar-refractivity contribution in [3.8, 4) is 0 Å². The maximum Gasteiger partial charge on any atom is 0.419 e. The summed E-state index contributed by atoms with van der Waals surface area (Å²) in [5.41, 5.74) is 2.65. The molecule has 2 N–H and O–H groups in total. The van der Waals surface area contributed by atoms with E-state index in [0.29, 0.717) is 16.2 Å². The first-order chi connectivity index (χ1) is 16.1. The Labute approximate surface area is 201 Å². The number of hydrogen-bond acceptors (Lipinski definition) is 5. The molecule has 0 saturated heterocycles. The van der Waals surface area contributed by atoms with Crippen molar-refractivity contribution in [3.05, 3.63) is 93.4 Å². The number of carbonyl (C=O) groups excluding carboxylic acids is 1. The predicted octanol–water partition coefficient (Wildman–Crippen LogP) is 3.62. The normalized spacial score (nSPS) is 12.6. The summed E-state index contributed by atoms with van der Waals surface area (Å²) in [4.78, 5) is 24.8. The van der Waals surface area contributed by atoms with Crippen LogP contribution in [0.15, 0.2) is 80.8 Å². The summed E-state index contributed by atoms with van der Waals surface area (Å²) in [5, 5.41) is 3.06. The van der Waals surface area contributed by atoms with Gasteiger partial charge < -0.3 is 9.73 Å². The molecule has 176 valence electrons. The van der Waals surface area contributed by atoms with E-state index in [2.05, 4.69) is 10.0 Å². The van der Waals surface area contributed by atoms with Gasteiger partial charge >= 0.3 is 5.76 Å². The Morgan fingerprint density at radius 2 is 1.82 bits per heavy atom. The Morgan fingerprint density at radius 3 is 2.53 bits per heavy atom. The van der Waals surface area contributed by atoms with Crippen LogP contribution in [0.3, 0.4) is 0 Å². The highest BCUT2D eigenvalue weighted by Crippen LogP contribution is 2.24. The van der Waals surface area contributed by atoms with Gasteiger partial charge in [0.15, 0.2) is 5.58 Å². The second-order valence-electron chi connectivity index (χ2n) is 7.89. The van der Waals surface area contributed by atoms with Crippen molar-refractivity contribution >= 4 is 44.3 Å². The second kappa shape index (κ2) is 9.46. The molecule has 0 fully saturated rings. The van der Waals surface area contributed by atoms with Crippen LogP contribution in [0, 0.1) is 6.92 Å². The summed E-state index contributed by atoms with van der Waals surface area (Å²) < 4.78 is 35.3. The smallest absolute Gasteiger partial charge is 0.408 e. The topological polar surface area (TPSA) is 110 Å². The van der Waals surface area contributed by atoms with Crippen LogP contribution >= 0.6 is 11.6 Å². The van der Waals surface area contributed by atoms with E-state index >= 15 is 0 Å². The van der Waals surface area contributed by atoms with Crippen LogP contribution in [0.1, 0.15) is 11.1 Å². The minimum Gasteiger partial charge on any atom is -0.408 e. The number of benzene rings is 3. The lowest BCUT2D eigenvalue weighted by molar-refractivity contribution is -0.117. The summed E-state index contributed by atoms with van der Waals surface area (Å²) >= 11 is 6.25. The van der Waals surface area contributed by atoms with Crippen LogP contribution in [0.4, 0.5) is 5.69 Å². The number of nitrogens with one attached hydrogen (secondary N) is 2. The third-order valence-electron chi connectivity index (χ3n) is 5.35. The number of nitrogens with zero attached hydrogens (tertiary/aromatic N) is 1. The Kier molecular flexibility index (Phi) is 6.60. The maximum atomic E-state index is 13.2. The van der Waals surface area contributed by atoms with Crippen LogP contribution < -0.4 is 15.8 Å². The Hall–Kier alpha value is -3.40. The van der Waals surface area contributed by atoms with E-state index in [-0.39, 0.29) is 16.9 Å². The number of sulfonamides is 1. The molecule has 0 saturated carbocycles. The number of halogens is 1. The molecule has 0 bridgehead atoms. The van der Waals surface area contributed by atoms with E-state index in [1.165, 1.54) is 29.8 Å². The highest BCUT2D eigenvalue weighted by Gasteiger charge is 2.27. The minimum absolute atomic E-state index is 0.109. The monoisotopic (exact) mass is 499 g/mol. The minimum atomic E-state index is -4.14. The molecular formula is C24H22ClN3O5S. The van der Waals surface area contributed by atoms with Gasteiger partial charge in [-0.15, -0.1) is 0 Å². The van der Waals surface area contributed by atoms with Crippen molar-refractivity contribution in [2.24, 2.45) is 7.05 Å². The molecule has 1 amide bonds. The maximum absolute atomic E-state index is 13.2. The van der Waals surface area contributed by atoms with E-state index < -0.39 is 27.7 Å².